The van der Waals surface area contributed by atoms with Crippen LogP contribution in [0.15, 0.2) is 0 Å². The summed E-state index contributed by atoms with van der Waals surface area (Å²) in [5, 5.41) is 0. The Morgan fingerprint density at radius 3 is 1.22 bits per heavy atom. The number of hydrogen-bond acceptors (Lipinski definition) is 1. The van der Waals surface area contributed by atoms with Gasteiger partial charge in [-0.2, -0.15) is 0 Å². The molecule has 0 aromatic carbocycles. The van der Waals surface area contributed by atoms with Crippen molar-refractivity contribution in [2.24, 2.45) is 0 Å². The molecule has 2 radical (unpaired) electrons. The number of rotatable bonds is 0. The van der Waals surface area contributed by atoms with E-state index in [0.717, 1.165) is 0 Å². The van der Waals surface area contributed by atoms with Crippen molar-refractivity contribution in [3.8, 4) is 0 Å². The molecule has 9 heavy (non-hydrogen) atoms. The first-order valence-corrected chi connectivity index (χ1v) is 2.35. The Bertz CT molecular complexity index is 71.4. The Morgan fingerprint density at radius 1 is 1.22 bits per heavy atom. The molecule has 0 aliphatic rings. The normalized spacial score (nSPS) is 6.56. The van der Waals surface area contributed by atoms with E-state index in [-0.39, 0.29) is 70.6 Å². The van der Waals surface area contributed by atoms with E-state index < -0.39 is 7.82 Å². The van der Waals surface area contributed by atoms with Gasteiger partial charge in [0.25, 0.3) is 0 Å². The summed E-state index contributed by atoms with van der Waals surface area (Å²) in [5.74, 6) is 0. The van der Waals surface area contributed by atoms with Gasteiger partial charge < -0.3 is 16.1 Å². The minimum Gasteiger partial charge on any atom is -1.00 e. The second-order valence-corrected chi connectivity index (χ2v) is 1.54. The molecular formula is H4CoLiMnNiO4P. The second kappa shape index (κ2) is 12.9. The molecule has 0 spiro atoms. The molecule has 9 heteroatoms. The van der Waals surface area contributed by atoms with Crippen LogP contribution < -0.4 is 18.9 Å². The van der Waals surface area contributed by atoms with Crippen LogP contribution in [0, 0.1) is 0 Å². The van der Waals surface area contributed by atoms with Gasteiger partial charge in [-0.3, -0.25) is 0 Å². The third-order valence-corrected chi connectivity index (χ3v) is 0. The van der Waals surface area contributed by atoms with Crippen molar-refractivity contribution in [2.45, 2.75) is 0 Å². The molecule has 60 valence electrons. The van der Waals surface area contributed by atoms with Crippen molar-refractivity contribution in [1.82, 2.24) is 0 Å². The molecule has 0 atom stereocenters. The quantitative estimate of drug-likeness (QED) is 0.314. The summed E-state index contributed by atoms with van der Waals surface area (Å²) in [7, 11) is -4.64. The molecule has 0 amide bonds. The molecule has 0 aliphatic carbocycles. The minimum absolute atomic E-state index is 0. The Labute approximate surface area is 97.1 Å². The zero-order valence-electron chi connectivity index (χ0n) is 5.22. The first-order valence-electron chi connectivity index (χ1n) is 0.783. The zero-order valence-corrected chi connectivity index (χ0v) is 8.33. The van der Waals surface area contributed by atoms with E-state index in [1.807, 2.05) is 0 Å². The van der Waals surface area contributed by atoms with E-state index in [0.29, 0.717) is 0 Å². The molecule has 0 aliphatic heterocycles. The molecule has 0 unspecified atom stereocenters. The summed E-state index contributed by atoms with van der Waals surface area (Å²) in [4.78, 5) is 21.6. The van der Waals surface area contributed by atoms with Gasteiger partial charge >= 0.3 is 26.7 Å². The molecule has 0 aromatic rings. The topological polar surface area (TPSA) is 77.8 Å². The van der Waals surface area contributed by atoms with Crippen molar-refractivity contribution < 1.29 is 89.9 Å². The third kappa shape index (κ3) is 140. The Balaban J connectivity index is -0.00000000800. The van der Waals surface area contributed by atoms with Crippen LogP contribution in [0.1, 0.15) is 1.43 Å². The summed E-state index contributed by atoms with van der Waals surface area (Å²) in [5.41, 5.74) is 0. The molecule has 0 bridgehead atoms. The minimum atomic E-state index is -4.64. The van der Waals surface area contributed by atoms with Gasteiger partial charge in [0.2, 0.25) is 0 Å². The maximum atomic E-state index is 8.88. The first kappa shape index (κ1) is 30.3. The fourth-order valence-corrected chi connectivity index (χ4v) is 0. The molecule has 0 rings (SSSR count). The Kier molecular flexibility index (Phi) is 43.3. The summed E-state index contributed by atoms with van der Waals surface area (Å²) in [6.45, 7) is 0. The summed E-state index contributed by atoms with van der Waals surface area (Å²) in [6, 6.07) is 0. The fourth-order valence-electron chi connectivity index (χ4n) is 0. The van der Waals surface area contributed by atoms with Gasteiger partial charge in [-0.15, -0.1) is 0 Å². The van der Waals surface area contributed by atoms with Crippen LogP contribution in [0.2, 0.25) is 0 Å². The molecule has 4 nitrogen and oxygen atoms in total. The van der Waals surface area contributed by atoms with E-state index in [1.165, 1.54) is 0 Å². The standard InChI is InChI=1S/Co.Li.Mn.Ni.H3O4P.H/c;;;;1-5(2,3)4;/h;;;;(H3,1,2,3,4);/q;+1;;;;-1. The van der Waals surface area contributed by atoms with Crippen molar-refractivity contribution in [3.05, 3.63) is 0 Å². The second-order valence-electron chi connectivity index (χ2n) is 0.513. The van der Waals surface area contributed by atoms with Gasteiger partial charge in [0, 0.05) is 50.3 Å². The van der Waals surface area contributed by atoms with Crippen LogP contribution in [0.25, 0.3) is 0 Å². The van der Waals surface area contributed by atoms with Gasteiger partial charge in [-0.05, 0) is 0 Å². The average molecular weight is 279 g/mol. The van der Waals surface area contributed by atoms with Crippen LogP contribution in [0.5, 0.6) is 0 Å². The predicted molar refractivity (Wildman–Crippen MR) is 15.4 cm³/mol. The predicted octanol–water partition coefficient (Wildman–Crippen LogP) is -3.82. The van der Waals surface area contributed by atoms with Gasteiger partial charge in [0.15, 0.2) is 0 Å². The van der Waals surface area contributed by atoms with Crippen LogP contribution in [-0.2, 0) is 54.9 Å². The van der Waals surface area contributed by atoms with Crippen LogP contribution in [-0.4, -0.2) is 14.7 Å². The smallest absolute Gasteiger partial charge is 1.00 e. The third-order valence-electron chi connectivity index (χ3n) is 0. The number of hydrogen-bond donors (Lipinski definition) is 3. The maximum absolute atomic E-state index is 8.88. The van der Waals surface area contributed by atoms with Gasteiger partial charge in [-0.1, -0.05) is 0 Å². The number of phosphoric acid groups is 1. The van der Waals surface area contributed by atoms with E-state index in [1.54, 1.807) is 0 Å². The molecule has 0 aromatic heterocycles. The molecule has 0 saturated heterocycles. The van der Waals surface area contributed by atoms with E-state index in [4.69, 9.17) is 19.2 Å². The van der Waals surface area contributed by atoms with E-state index >= 15 is 0 Å². The summed E-state index contributed by atoms with van der Waals surface area (Å²) < 4.78 is 8.88. The van der Waals surface area contributed by atoms with Crippen molar-refractivity contribution in [3.63, 3.8) is 0 Å². The molecule has 3 N–H and O–H groups in total. The Morgan fingerprint density at radius 2 is 1.22 bits per heavy atom. The maximum Gasteiger partial charge on any atom is 1.00 e. The van der Waals surface area contributed by atoms with Gasteiger partial charge in [0.1, 0.15) is 0 Å². The summed E-state index contributed by atoms with van der Waals surface area (Å²) in [6.07, 6.45) is 0. The van der Waals surface area contributed by atoms with E-state index in [9.17, 15) is 0 Å². The van der Waals surface area contributed by atoms with Crippen LogP contribution in [0.4, 0.5) is 0 Å². The van der Waals surface area contributed by atoms with Crippen molar-refractivity contribution in [1.29, 1.82) is 0 Å². The average Bonchev–Trinajstić information content (AvgIpc) is 0.722. The molecule has 0 saturated carbocycles. The molecule has 0 fully saturated rings. The molecular weight excluding hydrogens is 274 g/mol. The van der Waals surface area contributed by atoms with Crippen molar-refractivity contribution >= 4 is 7.82 Å². The first-order chi connectivity index (χ1) is 2.00. The monoisotopic (exact) mass is 278 g/mol. The Hall–Kier alpha value is 2.23. The zero-order chi connectivity index (χ0) is 4.50. The fraction of sp³-hybridized carbons (Fsp3) is 0. The van der Waals surface area contributed by atoms with Crippen molar-refractivity contribution in [2.75, 3.05) is 0 Å². The summed E-state index contributed by atoms with van der Waals surface area (Å²) >= 11 is 0. The SMILES string of the molecule is O=P(O)(O)O.[Co].[H-].[Li+].[Mn].[Ni]. The molecule has 0 heterocycles. The van der Waals surface area contributed by atoms with E-state index in [2.05, 4.69) is 0 Å². The van der Waals surface area contributed by atoms with Crippen LogP contribution in [0.3, 0.4) is 0 Å². The van der Waals surface area contributed by atoms with Crippen LogP contribution >= 0.6 is 7.82 Å². The van der Waals surface area contributed by atoms with Gasteiger partial charge in [-0.25, -0.2) is 4.57 Å². The van der Waals surface area contributed by atoms with Gasteiger partial charge in [0.05, 0.1) is 0 Å². The largest absolute Gasteiger partial charge is 1.00 e.